The third-order valence-electron chi connectivity index (χ3n) is 4.65. The van der Waals surface area contributed by atoms with Gasteiger partial charge >= 0.3 is 0 Å². The smallest absolute Gasteiger partial charge is 0.0701 e. The molecule has 0 spiro atoms. The molecule has 26 heavy (non-hydrogen) atoms. The van der Waals surface area contributed by atoms with Gasteiger partial charge in [0.15, 0.2) is 0 Å². The lowest BCUT2D eigenvalue weighted by atomic mass is 10.0. The van der Waals surface area contributed by atoms with Crippen LogP contribution in [-0.2, 0) is 14.2 Å². The summed E-state index contributed by atoms with van der Waals surface area (Å²) < 4.78 is 16.2. The summed E-state index contributed by atoms with van der Waals surface area (Å²) in [5.74, 6) is 0. The van der Waals surface area contributed by atoms with Crippen LogP contribution < -0.4 is 5.73 Å². The van der Waals surface area contributed by atoms with Gasteiger partial charge < -0.3 is 19.9 Å². The Morgan fingerprint density at radius 1 is 0.423 bits per heavy atom. The summed E-state index contributed by atoms with van der Waals surface area (Å²) in [6.07, 6.45) is 19.5. The molecule has 0 saturated carbocycles. The van der Waals surface area contributed by atoms with Crippen LogP contribution in [0.5, 0.6) is 0 Å². The third kappa shape index (κ3) is 23.8. The molecule has 0 unspecified atom stereocenters. The van der Waals surface area contributed by atoms with E-state index in [2.05, 4.69) is 6.92 Å². The lowest BCUT2D eigenvalue weighted by Gasteiger charge is -2.06. The zero-order valence-electron chi connectivity index (χ0n) is 17.7. The van der Waals surface area contributed by atoms with Gasteiger partial charge in [-0.15, -0.1) is 0 Å². The Morgan fingerprint density at radius 3 is 1.19 bits per heavy atom. The molecule has 158 valence electrons. The fraction of sp³-hybridized carbons (Fsp3) is 1.00. The van der Waals surface area contributed by atoms with Crippen molar-refractivity contribution in [1.82, 2.24) is 0 Å². The van der Waals surface area contributed by atoms with Crippen LogP contribution in [0.3, 0.4) is 0 Å². The van der Waals surface area contributed by atoms with E-state index in [1.165, 1.54) is 89.9 Å². The second-order valence-electron chi connectivity index (χ2n) is 7.22. The number of hydrogen-bond acceptors (Lipinski definition) is 4. The van der Waals surface area contributed by atoms with Crippen LogP contribution >= 0.6 is 0 Å². The third-order valence-corrected chi connectivity index (χ3v) is 4.65. The summed E-state index contributed by atoms with van der Waals surface area (Å²) in [5, 5.41) is 0. The van der Waals surface area contributed by atoms with Crippen molar-refractivity contribution in [3.8, 4) is 0 Å². The number of rotatable bonds is 23. The van der Waals surface area contributed by atoms with Crippen LogP contribution in [0.25, 0.3) is 0 Å². The molecule has 0 aromatic heterocycles. The molecular weight excluding hydrogens is 326 g/mol. The highest BCUT2D eigenvalue weighted by molar-refractivity contribution is 4.49. The average Bonchev–Trinajstić information content (AvgIpc) is 2.66. The Labute approximate surface area is 163 Å². The molecule has 0 fully saturated rings. The highest BCUT2D eigenvalue weighted by atomic mass is 16.5. The first-order valence-electron chi connectivity index (χ1n) is 11.3. The van der Waals surface area contributed by atoms with Crippen LogP contribution in [0, 0.1) is 0 Å². The fourth-order valence-electron chi connectivity index (χ4n) is 3.02. The van der Waals surface area contributed by atoms with E-state index in [0.717, 1.165) is 6.61 Å². The lowest BCUT2D eigenvalue weighted by Crippen LogP contribution is -2.13. The fourth-order valence-corrected chi connectivity index (χ4v) is 3.02. The highest BCUT2D eigenvalue weighted by Gasteiger charge is 1.95. The van der Waals surface area contributed by atoms with Crippen LogP contribution in [0.4, 0.5) is 0 Å². The van der Waals surface area contributed by atoms with Crippen molar-refractivity contribution in [3.63, 3.8) is 0 Å². The van der Waals surface area contributed by atoms with Crippen molar-refractivity contribution in [3.05, 3.63) is 0 Å². The monoisotopic (exact) mass is 373 g/mol. The molecule has 0 saturated heterocycles. The molecule has 0 aliphatic heterocycles. The van der Waals surface area contributed by atoms with Gasteiger partial charge in [-0.2, -0.15) is 0 Å². The van der Waals surface area contributed by atoms with E-state index in [1.54, 1.807) is 0 Å². The number of ether oxygens (including phenoxy) is 3. The van der Waals surface area contributed by atoms with Crippen LogP contribution in [-0.4, -0.2) is 46.2 Å². The number of unbranched alkanes of at least 4 members (excludes halogenated alkanes) is 13. The SMILES string of the molecule is CCCCCCCCCCCCCCCCOCCOCCOCCN. The molecule has 0 heterocycles. The van der Waals surface area contributed by atoms with Gasteiger partial charge in [-0.25, -0.2) is 0 Å². The average molecular weight is 374 g/mol. The first kappa shape index (κ1) is 25.8. The molecule has 0 aromatic carbocycles. The predicted molar refractivity (Wildman–Crippen MR) is 112 cm³/mol. The van der Waals surface area contributed by atoms with Gasteiger partial charge in [0, 0.05) is 13.2 Å². The van der Waals surface area contributed by atoms with E-state index < -0.39 is 0 Å². The largest absolute Gasteiger partial charge is 0.379 e. The Balaban J connectivity index is 2.95. The topological polar surface area (TPSA) is 53.7 Å². The highest BCUT2D eigenvalue weighted by Crippen LogP contribution is 2.12. The van der Waals surface area contributed by atoms with Crippen molar-refractivity contribution in [2.45, 2.75) is 96.8 Å². The molecule has 0 bridgehead atoms. The molecule has 2 N–H and O–H groups in total. The Bertz CT molecular complexity index is 215. The van der Waals surface area contributed by atoms with Crippen molar-refractivity contribution in [2.24, 2.45) is 5.73 Å². The maximum absolute atomic E-state index is 5.58. The van der Waals surface area contributed by atoms with Gasteiger partial charge in [0.05, 0.1) is 33.0 Å². The molecule has 0 rings (SSSR count). The molecule has 0 atom stereocenters. The Hall–Kier alpha value is -0.160. The van der Waals surface area contributed by atoms with Gasteiger partial charge in [0.1, 0.15) is 0 Å². The molecule has 4 heteroatoms. The minimum Gasteiger partial charge on any atom is -0.379 e. The molecule has 0 aliphatic carbocycles. The second kappa shape index (κ2) is 24.8. The zero-order valence-corrected chi connectivity index (χ0v) is 17.7. The Kier molecular flexibility index (Phi) is 24.7. The van der Waals surface area contributed by atoms with E-state index in [-0.39, 0.29) is 0 Å². The standard InChI is InChI=1S/C22H47NO3/c1-2-3-4-5-6-7-8-9-10-11-12-13-14-15-17-24-19-21-26-22-20-25-18-16-23/h2-23H2,1H3. The second-order valence-corrected chi connectivity index (χ2v) is 7.22. The van der Waals surface area contributed by atoms with Crippen LogP contribution in [0.1, 0.15) is 96.8 Å². The molecule has 4 nitrogen and oxygen atoms in total. The van der Waals surface area contributed by atoms with Crippen molar-refractivity contribution < 1.29 is 14.2 Å². The van der Waals surface area contributed by atoms with E-state index in [0.29, 0.717) is 39.6 Å². The van der Waals surface area contributed by atoms with E-state index in [9.17, 15) is 0 Å². The zero-order chi connectivity index (χ0) is 19.0. The number of hydrogen-bond donors (Lipinski definition) is 1. The van der Waals surface area contributed by atoms with E-state index >= 15 is 0 Å². The van der Waals surface area contributed by atoms with Gasteiger partial charge in [-0.1, -0.05) is 90.4 Å². The van der Waals surface area contributed by atoms with Gasteiger partial charge in [0.25, 0.3) is 0 Å². The van der Waals surface area contributed by atoms with Crippen molar-refractivity contribution in [1.29, 1.82) is 0 Å². The van der Waals surface area contributed by atoms with Crippen molar-refractivity contribution in [2.75, 3.05) is 46.2 Å². The summed E-state index contributed by atoms with van der Waals surface area (Å²) >= 11 is 0. The lowest BCUT2D eigenvalue weighted by molar-refractivity contribution is 0.0153. The summed E-state index contributed by atoms with van der Waals surface area (Å²) in [7, 11) is 0. The Morgan fingerprint density at radius 2 is 0.769 bits per heavy atom. The summed E-state index contributed by atoms with van der Waals surface area (Å²) in [5.41, 5.74) is 5.33. The van der Waals surface area contributed by atoms with E-state index in [4.69, 9.17) is 19.9 Å². The summed E-state index contributed by atoms with van der Waals surface area (Å²) in [6, 6.07) is 0. The maximum Gasteiger partial charge on any atom is 0.0701 e. The van der Waals surface area contributed by atoms with Crippen LogP contribution in [0.2, 0.25) is 0 Å². The van der Waals surface area contributed by atoms with Crippen LogP contribution in [0.15, 0.2) is 0 Å². The maximum atomic E-state index is 5.58. The molecule has 0 aromatic rings. The van der Waals surface area contributed by atoms with E-state index in [1.807, 2.05) is 0 Å². The van der Waals surface area contributed by atoms with Gasteiger partial charge in [-0.05, 0) is 6.42 Å². The molecule has 0 radical (unpaired) electrons. The molecule has 0 aliphatic rings. The minimum atomic E-state index is 0.572. The normalized spacial score (nSPS) is 11.3. The molecule has 0 amide bonds. The summed E-state index contributed by atoms with van der Waals surface area (Å²) in [4.78, 5) is 0. The minimum absolute atomic E-state index is 0.572. The first-order valence-corrected chi connectivity index (χ1v) is 11.3. The number of nitrogens with two attached hydrogens (primary N) is 1. The predicted octanol–water partition coefficient (Wildman–Crippen LogP) is 5.48. The molecular formula is C22H47NO3. The van der Waals surface area contributed by atoms with Gasteiger partial charge in [0.2, 0.25) is 0 Å². The first-order chi connectivity index (χ1) is 12.9. The van der Waals surface area contributed by atoms with Crippen molar-refractivity contribution >= 4 is 0 Å². The summed E-state index contributed by atoms with van der Waals surface area (Å²) in [6.45, 7) is 6.93. The quantitative estimate of drug-likeness (QED) is 0.241. The van der Waals surface area contributed by atoms with Gasteiger partial charge in [-0.3, -0.25) is 0 Å².